The molecule has 0 spiro atoms. The molecule has 166 valence electrons. The van der Waals surface area contributed by atoms with Crippen LogP contribution in [0.4, 0.5) is 0 Å². The molecule has 0 saturated heterocycles. The molecule has 0 fully saturated rings. The molecule has 7 heteroatoms. The molecule has 4 aromatic rings. The molecule has 6 nitrogen and oxygen atoms in total. The lowest BCUT2D eigenvalue weighted by Crippen LogP contribution is -2.22. The van der Waals surface area contributed by atoms with Gasteiger partial charge in [0, 0.05) is 5.02 Å². The number of rotatable bonds is 6. The van der Waals surface area contributed by atoms with Crippen molar-refractivity contribution in [1.82, 2.24) is 5.32 Å². The standard InChI is InChI=1S/C26H20ClNO5/c1-2-31-21-12-16(8-10-20(21)32-14-15-6-4-3-5-7-15)23-22-24(29)18-13-17(27)9-11-19(18)33-25(22)26(30)28-23/h3-13,23H,2,14H2,1H3,(H,28,30). The van der Waals surface area contributed by atoms with Crippen LogP contribution in [0.5, 0.6) is 11.5 Å². The average Bonchev–Trinajstić information content (AvgIpc) is 3.16. The Kier molecular flexibility index (Phi) is 5.52. The summed E-state index contributed by atoms with van der Waals surface area (Å²) in [6.07, 6.45) is 0. The van der Waals surface area contributed by atoms with E-state index in [1.165, 1.54) is 0 Å². The van der Waals surface area contributed by atoms with E-state index in [1.807, 2.05) is 43.3 Å². The number of benzene rings is 3. The first-order chi connectivity index (χ1) is 16.0. The molecule has 5 rings (SSSR count). The molecule has 0 bridgehead atoms. The number of carbonyl (C=O) groups excluding carboxylic acids is 1. The van der Waals surface area contributed by atoms with Gasteiger partial charge in [-0.2, -0.15) is 0 Å². The highest BCUT2D eigenvalue weighted by molar-refractivity contribution is 6.31. The van der Waals surface area contributed by atoms with Gasteiger partial charge < -0.3 is 19.2 Å². The third-order valence-corrected chi connectivity index (χ3v) is 5.73. The molecule has 0 radical (unpaired) electrons. The number of halogens is 1. The SMILES string of the molecule is CCOc1cc(C2NC(=O)c3oc4ccc(Cl)cc4c(=O)c32)ccc1OCc1ccccc1. The molecule has 0 saturated carbocycles. The zero-order valence-electron chi connectivity index (χ0n) is 17.8. The van der Waals surface area contributed by atoms with E-state index in [2.05, 4.69) is 5.32 Å². The maximum Gasteiger partial charge on any atom is 0.288 e. The average molecular weight is 462 g/mol. The molecule has 1 aromatic heterocycles. The molecule has 1 atom stereocenters. The predicted molar refractivity (Wildman–Crippen MR) is 125 cm³/mol. The number of fused-ring (bicyclic) bond motifs is 2. The van der Waals surface area contributed by atoms with Crippen LogP contribution < -0.4 is 20.2 Å². The highest BCUT2D eigenvalue weighted by Crippen LogP contribution is 2.36. The molecular weight excluding hydrogens is 442 g/mol. The zero-order valence-corrected chi connectivity index (χ0v) is 18.5. The molecule has 3 aromatic carbocycles. The van der Waals surface area contributed by atoms with Gasteiger partial charge >= 0.3 is 0 Å². The maximum absolute atomic E-state index is 13.3. The first-order valence-electron chi connectivity index (χ1n) is 10.6. The number of amides is 1. The Balaban J connectivity index is 1.53. The number of hydrogen-bond acceptors (Lipinski definition) is 5. The van der Waals surface area contributed by atoms with Crippen LogP contribution in [-0.2, 0) is 6.61 Å². The van der Waals surface area contributed by atoms with E-state index in [1.54, 1.807) is 30.3 Å². The van der Waals surface area contributed by atoms with Crippen LogP contribution in [-0.4, -0.2) is 12.5 Å². The van der Waals surface area contributed by atoms with E-state index >= 15 is 0 Å². The summed E-state index contributed by atoms with van der Waals surface area (Å²) in [4.78, 5) is 25.9. The summed E-state index contributed by atoms with van der Waals surface area (Å²) < 4.78 is 17.5. The van der Waals surface area contributed by atoms with E-state index in [4.69, 9.17) is 25.5 Å². The highest BCUT2D eigenvalue weighted by Gasteiger charge is 2.36. The van der Waals surface area contributed by atoms with Crippen molar-refractivity contribution in [3.63, 3.8) is 0 Å². The highest BCUT2D eigenvalue weighted by atomic mass is 35.5. The van der Waals surface area contributed by atoms with Crippen LogP contribution in [0.3, 0.4) is 0 Å². The van der Waals surface area contributed by atoms with Gasteiger partial charge in [-0.25, -0.2) is 0 Å². The van der Waals surface area contributed by atoms with Crippen molar-refractivity contribution in [3.05, 3.63) is 104 Å². The van der Waals surface area contributed by atoms with Crippen LogP contribution in [0.15, 0.2) is 75.9 Å². The Hall–Kier alpha value is -3.77. The Morgan fingerprint density at radius 2 is 1.79 bits per heavy atom. The lowest BCUT2D eigenvalue weighted by atomic mass is 9.99. The molecule has 1 aliphatic rings. The van der Waals surface area contributed by atoms with Crippen molar-refractivity contribution in [2.75, 3.05) is 6.61 Å². The first-order valence-corrected chi connectivity index (χ1v) is 10.9. The van der Waals surface area contributed by atoms with Crippen molar-refractivity contribution in [3.8, 4) is 11.5 Å². The van der Waals surface area contributed by atoms with Crippen LogP contribution >= 0.6 is 11.6 Å². The van der Waals surface area contributed by atoms with Gasteiger partial charge in [-0.05, 0) is 48.4 Å². The minimum absolute atomic E-state index is 0.0159. The van der Waals surface area contributed by atoms with Gasteiger partial charge in [0.1, 0.15) is 12.2 Å². The molecule has 1 amide bonds. The summed E-state index contributed by atoms with van der Waals surface area (Å²) in [6.45, 7) is 2.70. The fraction of sp³-hybridized carbons (Fsp3) is 0.154. The van der Waals surface area contributed by atoms with Gasteiger partial charge in [-0.1, -0.05) is 48.0 Å². The third-order valence-electron chi connectivity index (χ3n) is 5.50. The summed E-state index contributed by atoms with van der Waals surface area (Å²) in [5, 5.41) is 3.60. The zero-order chi connectivity index (χ0) is 22.9. The van der Waals surface area contributed by atoms with Crippen LogP contribution in [0.2, 0.25) is 5.02 Å². The Morgan fingerprint density at radius 3 is 2.58 bits per heavy atom. The predicted octanol–water partition coefficient (Wildman–Crippen LogP) is 5.26. The van der Waals surface area contributed by atoms with Crippen LogP contribution in [0.25, 0.3) is 11.0 Å². The monoisotopic (exact) mass is 461 g/mol. The minimum atomic E-state index is -0.672. The fourth-order valence-corrected chi connectivity index (χ4v) is 4.13. The number of hydrogen-bond donors (Lipinski definition) is 1. The summed E-state index contributed by atoms with van der Waals surface area (Å²) >= 11 is 6.08. The second-order valence-electron chi connectivity index (χ2n) is 7.63. The number of carbonyl (C=O) groups is 1. The Morgan fingerprint density at radius 1 is 0.970 bits per heavy atom. The lowest BCUT2D eigenvalue weighted by molar-refractivity contribution is 0.0938. The van der Waals surface area contributed by atoms with Crippen molar-refractivity contribution >= 4 is 28.5 Å². The van der Waals surface area contributed by atoms with E-state index in [9.17, 15) is 9.59 Å². The van der Waals surface area contributed by atoms with E-state index in [0.29, 0.717) is 46.3 Å². The topological polar surface area (TPSA) is 77.8 Å². The Bertz CT molecular complexity index is 1410. The smallest absolute Gasteiger partial charge is 0.288 e. The Labute approximate surface area is 194 Å². The van der Waals surface area contributed by atoms with E-state index in [-0.39, 0.29) is 16.8 Å². The van der Waals surface area contributed by atoms with Crippen molar-refractivity contribution in [2.45, 2.75) is 19.6 Å². The van der Waals surface area contributed by atoms with Crippen molar-refractivity contribution in [1.29, 1.82) is 0 Å². The first kappa shape index (κ1) is 21.1. The van der Waals surface area contributed by atoms with Crippen LogP contribution in [0, 0.1) is 0 Å². The summed E-state index contributed by atoms with van der Waals surface area (Å²) in [5.41, 5.74) is 2.00. The molecule has 2 heterocycles. The van der Waals surface area contributed by atoms with Gasteiger partial charge in [-0.3, -0.25) is 9.59 Å². The van der Waals surface area contributed by atoms with Crippen molar-refractivity contribution < 1.29 is 18.7 Å². The van der Waals surface area contributed by atoms with E-state index < -0.39 is 11.9 Å². The fourth-order valence-electron chi connectivity index (χ4n) is 3.96. The van der Waals surface area contributed by atoms with Gasteiger partial charge in [0.25, 0.3) is 5.91 Å². The maximum atomic E-state index is 13.3. The summed E-state index contributed by atoms with van der Waals surface area (Å²) in [7, 11) is 0. The number of nitrogens with one attached hydrogen (secondary N) is 1. The molecule has 1 N–H and O–H groups in total. The lowest BCUT2D eigenvalue weighted by Gasteiger charge is -2.17. The summed E-state index contributed by atoms with van der Waals surface area (Å²) in [6, 6.07) is 19.3. The largest absolute Gasteiger partial charge is 0.490 e. The quantitative estimate of drug-likeness (QED) is 0.424. The van der Waals surface area contributed by atoms with Gasteiger partial charge in [0.2, 0.25) is 5.76 Å². The minimum Gasteiger partial charge on any atom is -0.490 e. The molecule has 0 aliphatic carbocycles. The summed E-state index contributed by atoms with van der Waals surface area (Å²) in [5.74, 6) is 0.682. The third kappa shape index (κ3) is 3.94. The molecule has 33 heavy (non-hydrogen) atoms. The molecule has 1 aliphatic heterocycles. The second kappa shape index (κ2) is 8.64. The van der Waals surface area contributed by atoms with Gasteiger partial charge in [0.05, 0.1) is 23.6 Å². The molecule has 1 unspecified atom stereocenters. The van der Waals surface area contributed by atoms with Gasteiger partial charge in [-0.15, -0.1) is 0 Å². The van der Waals surface area contributed by atoms with Crippen LogP contribution in [0.1, 0.15) is 40.2 Å². The molecular formula is C26H20ClNO5. The normalized spacial score (nSPS) is 14.7. The van der Waals surface area contributed by atoms with E-state index in [0.717, 1.165) is 5.56 Å². The van der Waals surface area contributed by atoms with Crippen molar-refractivity contribution in [2.24, 2.45) is 0 Å². The number of ether oxygens (including phenoxy) is 2. The van der Waals surface area contributed by atoms with Gasteiger partial charge in [0.15, 0.2) is 16.9 Å². The second-order valence-corrected chi connectivity index (χ2v) is 8.07.